The van der Waals surface area contributed by atoms with Crippen molar-refractivity contribution in [2.45, 2.75) is 37.8 Å². The molecule has 3 rings (SSSR count). The molecule has 2 aliphatic rings. The number of methoxy groups -OCH3 is 1. The van der Waals surface area contributed by atoms with Crippen molar-refractivity contribution in [3.63, 3.8) is 0 Å². The van der Waals surface area contributed by atoms with E-state index in [1.54, 1.807) is 0 Å². The number of nitrogens with zero attached hydrogens (tertiary/aromatic N) is 2. The average Bonchev–Trinajstić information content (AvgIpc) is 3.14. The van der Waals surface area contributed by atoms with Gasteiger partial charge in [0.2, 0.25) is 0 Å². The van der Waals surface area contributed by atoms with Crippen molar-refractivity contribution in [3.8, 4) is 5.75 Å². The Morgan fingerprint density at radius 2 is 2.04 bits per heavy atom. The van der Waals surface area contributed by atoms with Gasteiger partial charge in [0.05, 0.1) is 11.5 Å². The minimum Gasteiger partial charge on any atom is -0.429 e. The lowest BCUT2D eigenvalue weighted by Crippen LogP contribution is -2.34. The Labute approximate surface area is 135 Å². The third-order valence-corrected chi connectivity index (χ3v) is 4.32. The molecule has 0 radical (unpaired) electrons. The fraction of sp³-hybridized carbons (Fsp3) is 0.562. The predicted octanol–water partition coefficient (Wildman–Crippen LogP) is 2.39. The second-order valence-corrected chi connectivity index (χ2v) is 5.69. The molecule has 2 heterocycles. The van der Waals surface area contributed by atoms with Crippen LogP contribution in [-0.2, 0) is 9.53 Å². The van der Waals surface area contributed by atoms with E-state index in [1.165, 1.54) is 56.5 Å². The first-order valence-electron chi connectivity index (χ1n) is 7.75. The molecule has 7 nitrogen and oxygen atoms in total. The second kappa shape index (κ2) is 8.59. The number of ether oxygens (including phenoxy) is 2. The van der Waals surface area contributed by atoms with Gasteiger partial charge in [-0.2, -0.15) is 0 Å². The van der Waals surface area contributed by atoms with Gasteiger partial charge in [0.1, 0.15) is 5.75 Å². The number of nitro groups is 1. The van der Waals surface area contributed by atoms with Crippen molar-refractivity contribution >= 4 is 12.2 Å². The number of hydrogen-bond acceptors (Lipinski definition) is 6. The Hall–Kier alpha value is -1.99. The lowest BCUT2D eigenvalue weighted by atomic mass is 10.1. The van der Waals surface area contributed by atoms with Crippen LogP contribution in [0.15, 0.2) is 24.3 Å². The number of fused-ring (bicyclic) bond motifs is 1. The molecule has 0 saturated carbocycles. The summed E-state index contributed by atoms with van der Waals surface area (Å²) in [6, 6.07) is 6.89. The number of nitro benzene ring substituents is 1. The lowest BCUT2D eigenvalue weighted by Gasteiger charge is -2.22. The first-order valence-corrected chi connectivity index (χ1v) is 7.75. The Morgan fingerprint density at radius 1 is 1.30 bits per heavy atom. The van der Waals surface area contributed by atoms with Crippen molar-refractivity contribution in [3.05, 3.63) is 34.4 Å². The maximum absolute atomic E-state index is 10.2. The van der Waals surface area contributed by atoms with E-state index in [4.69, 9.17) is 4.74 Å². The highest BCUT2D eigenvalue weighted by molar-refractivity contribution is 5.46. The normalized spacial score (nSPS) is 22.8. The van der Waals surface area contributed by atoms with E-state index in [0.717, 1.165) is 18.7 Å². The van der Waals surface area contributed by atoms with Crippen LogP contribution >= 0.6 is 0 Å². The fourth-order valence-electron chi connectivity index (χ4n) is 3.27. The van der Waals surface area contributed by atoms with E-state index in [2.05, 4.69) is 9.64 Å². The molecular formula is C16H22N2O5. The fourth-order valence-corrected chi connectivity index (χ4v) is 3.27. The molecule has 7 heteroatoms. The Balaban J connectivity index is 0.000000167. The van der Waals surface area contributed by atoms with Crippen LogP contribution in [0.2, 0.25) is 0 Å². The van der Waals surface area contributed by atoms with Crippen LogP contribution in [0.1, 0.15) is 25.7 Å². The summed E-state index contributed by atoms with van der Waals surface area (Å²) in [6.45, 7) is 2.52. The van der Waals surface area contributed by atoms with Crippen molar-refractivity contribution in [1.82, 2.24) is 4.90 Å². The van der Waals surface area contributed by atoms with Gasteiger partial charge in [-0.1, -0.05) is 0 Å². The number of benzene rings is 1. The molecule has 0 bridgehead atoms. The van der Waals surface area contributed by atoms with Crippen molar-refractivity contribution in [2.75, 3.05) is 20.3 Å². The van der Waals surface area contributed by atoms with Gasteiger partial charge in [0, 0.05) is 31.3 Å². The van der Waals surface area contributed by atoms with E-state index in [-0.39, 0.29) is 17.9 Å². The molecule has 0 amide bonds. The van der Waals surface area contributed by atoms with Gasteiger partial charge in [-0.05, 0) is 44.4 Å². The molecule has 2 aliphatic heterocycles. The number of non-ortho nitro benzene ring substituents is 1. The summed E-state index contributed by atoms with van der Waals surface area (Å²) in [5.74, 6) is 0.288. The highest BCUT2D eigenvalue weighted by Crippen LogP contribution is 2.32. The van der Waals surface area contributed by atoms with Crippen molar-refractivity contribution in [2.24, 2.45) is 0 Å². The molecule has 126 valence electrons. The maximum atomic E-state index is 10.2. The summed E-state index contributed by atoms with van der Waals surface area (Å²) >= 11 is 0. The zero-order valence-electron chi connectivity index (χ0n) is 13.2. The van der Waals surface area contributed by atoms with Gasteiger partial charge >= 0.3 is 0 Å². The zero-order valence-corrected chi connectivity index (χ0v) is 13.2. The Morgan fingerprint density at radius 3 is 2.65 bits per heavy atom. The van der Waals surface area contributed by atoms with Crippen LogP contribution in [0.3, 0.4) is 0 Å². The predicted molar refractivity (Wildman–Crippen MR) is 84.4 cm³/mol. The van der Waals surface area contributed by atoms with Gasteiger partial charge in [-0.25, -0.2) is 0 Å². The molecule has 2 unspecified atom stereocenters. The Kier molecular flexibility index (Phi) is 6.49. The quantitative estimate of drug-likeness (QED) is 0.470. The molecule has 2 atom stereocenters. The molecule has 2 saturated heterocycles. The molecule has 2 fully saturated rings. The van der Waals surface area contributed by atoms with Gasteiger partial charge < -0.3 is 9.47 Å². The van der Waals surface area contributed by atoms with Gasteiger partial charge in [-0.3, -0.25) is 19.8 Å². The average molecular weight is 322 g/mol. The van der Waals surface area contributed by atoms with Crippen molar-refractivity contribution < 1.29 is 19.2 Å². The molecule has 0 spiro atoms. The first kappa shape index (κ1) is 17.4. The molecule has 0 aromatic heterocycles. The highest BCUT2D eigenvalue weighted by Gasteiger charge is 2.35. The Bertz CT molecular complexity index is 518. The SMILES string of the molecule is COCC1CCC2CCCN21.O=COc1ccc([N+](=O)[O-])cc1. The highest BCUT2D eigenvalue weighted by atomic mass is 16.6. The molecule has 0 aliphatic carbocycles. The monoisotopic (exact) mass is 322 g/mol. The maximum Gasteiger partial charge on any atom is 0.298 e. The summed E-state index contributed by atoms with van der Waals surface area (Å²) in [5, 5.41) is 10.2. The van der Waals surface area contributed by atoms with Gasteiger partial charge in [0.15, 0.2) is 0 Å². The molecule has 1 aromatic carbocycles. The molecule has 1 aromatic rings. The summed E-state index contributed by atoms with van der Waals surface area (Å²) in [7, 11) is 1.81. The van der Waals surface area contributed by atoms with Crippen molar-refractivity contribution in [1.29, 1.82) is 0 Å². The summed E-state index contributed by atoms with van der Waals surface area (Å²) < 4.78 is 9.63. The minimum atomic E-state index is -0.523. The standard InChI is InChI=1S/C9H17NO.C7H5NO4/c1-11-7-9-5-4-8-3-2-6-10(8)9;9-5-12-7-3-1-6(2-4-7)8(10)11/h8-9H,2-7H2,1H3;1-5H. The molecular weight excluding hydrogens is 300 g/mol. The lowest BCUT2D eigenvalue weighted by molar-refractivity contribution is -0.384. The van der Waals surface area contributed by atoms with E-state index < -0.39 is 4.92 Å². The van der Waals surface area contributed by atoms with Crippen LogP contribution in [-0.4, -0.2) is 48.6 Å². The summed E-state index contributed by atoms with van der Waals surface area (Å²) in [6.07, 6.45) is 5.61. The van der Waals surface area contributed by atoms with E-state index >= 15 is 0 Å². The van der Waals surface area contributed by atoms with Crippen LogP contribution in [0.25, 0.3) is 0 Å². The third kappa shape index (κ3) is 4.74. The van der Waals surface area contributed by atoms with Gasteiger partial charge in [-0.15, -0.1) is 0 Å². The van der Waals surface area contributed by atoms with E-state index in [1.807, 2.05) is 7.11 Å². The third-order valence-electron chi connectivity index (χ3n) is 4.32. The number of carbonyl (C=O) groups is 1. The van der Waals surface area contributed by atoms with Gasteiger partial charge in [0.25, 0.3) is 12.2 Å². The first-order chi connectivity index (χ1) is 11.2. The largest absolute Gasteiger partial charge is 0.429 e. The van der Waals surface area contributed by atoms with Crippen LogP contribution in [0.4, 0.5) is 5.69 Å². The van der Waals surface area contributed by atoms with Crippen LogP contribution in [0, 0.1) is 10.1 Å². The van der Waals surface area contributed by atoms with Crippen LogP contribution in [0.5, 0.6) is 5.75 Å². The van der Waals surface area contributed by atoms with E-state index in [9.17, 15) is 14.9 Å². The number of hydrogen-bond donors (Lipinski definition) is 0. The smallest absolute Gasteiger partial charge is 0.298 e. The minimum absolute atomic E-state index is 0.0340. The molecule has 0 N–H and O–H groups in total. The summed E-state index contributed by atoms with van der Waals surface area (Å²) in [5.41, 5.74) is -0.0340. The number of carbonyl (C=O) groups excluding carboxylic acids is 1. The van der Waals surface area contributed by atoms with E-state index in [0.29, 0.717) is 0 Å². The number of rotatable bonds is 5. The molecule has 23 heavy (non-hydrogen) atoms. The topological polar surface area (TPSA) is 81.9 Å². The second-order valence-electron chi connectivity index (χ2n) is 5.69. The summed E-state index contributed by atoms with van der Waals surface area (Å²) in [4.78, 5) is 22.1. The zero-order chi connectivity index (χ0) is 16.7. The van der Waals surface area contributed by atoms with Crippen LogP contribution < -0.4 is 4.74 Å².